The van der Waals surface area contributed by atoms with Gasteiger partial charge in [-0.3, -0.25) is 4.72 Å². The van der Waals surface area contributed by atoms with E-state index in [1.165, 1.54) is 24.3 Å². The Kier molecular flexibility index (Phi) is 6.25. The maximum atomic E-state index is 13.0. The van der Waals surface area contributed by atoms with Gasteiger partial charge in [0, 0.05) is 6.07 Å². The molecule has 1 N–H and O–H groups in total. The van der Waals surface area contributed by atoms with Crippen LogP contribution >= 0.6 is 0 Å². The van der Waals surface area contributed by atoms with Gasteiger partial charge in [-0.2, -0.15) is 13.2 Å². The molecule has 0 saturated carbocycles. The first-order valence-corrected chi connectivity index (χ1v) is 12.1. The molecule has 0 aromatic heterocycles. The summed E-state index contributed by atoms with van der Waals surface area (Å²) in [5.41, 5.74) is -4.19. The van der Waals surface area contributed by atoms with Gasteiger partial charge in [-0.05, 0) is 61.4 Å². The highest BCUT2D eigenvalue weighted by Gasteiger charge is 2.47. The van der Waals surface area contributed by atoms with E-state index >= 15 is 0 Å². The molecule has 0 amide bonds. The third-order valence-electron chi connectivity index (χ3n) is 4.29. The summed E-state index contributed by atoms with van der Waals surface area (Å²) in [5, 5.41) is 0. The number of nitrogens with one attached hydrogen (secondary N) is 1. The van der Waals surface area contributed by atoms with E-state index in [9.17, 15) is 30.0 Å². The van der Waals surface area contributed by atoms with Crippen molar-refractivity contribution in [2.24, 2.45) is 0 Å². The topological polar surface area (TPSA) is 89.5 Å². The molecule has 0 radical (unpaired) electrons. The summed E-state index contributed by atoms with van der Waals surface area (Å²) in [6, 6.07) is 14.5. The van der Waals surface area contributed by atoms with Gasteiger partial charge in [-0.1, -0.05) is 24.3 Å². The van der Waals surface area contributed by atoms with Crippen LogP contribution < -0.4 is 9.46 Å². The lowest BCUT2D eigenvalue weighted by Gasteiger charge is -2.16. The van der Waals surface area contributed by atoms with Gasteiger partial charge in [0.1, 0.15) is 5.75 Å². The van der Waals surface area contributed by atoms with Gasteiger partial charge in [-0.15, -0.1) is 0 Å². The Labute approximate surface area is 183 Å². The fourth-order valence-electron chi connectivity index (χ4n) is 2.89. The van der Waals surface area contributed by atoms with E-state index in [4.69, 9.17) is 4.74 Å². The SMILES string of the molecule is Cc1cc(C)cc(Oc2cc(S(=O)(=O)C(F)(F)F)ccc2NS(=O)(=O)c2ccccc2)c1. The van der Waals surface area contributed by atoms with Crippen molar-refractivity contribution in [3.8, 4) is 11.5 Å². The molecule has 0 unspecified atom stereocenters. The summed E-state index contributed by atoms with van der Waals surface area (Å²) in [6.45, 7) is 3.53. The van der Waals surface area contributed by atoms with Crippen molar-refractivity contribution in [3.05, 3.63) is 77.9 Å². The molecule has 170 valence electrons. The Morgan fingerprint density at radius 1 is 0.781 bits per heavy atom. The van der Waals surface area contributed by atoms with Crippen LogP contribution in [0, 0.1) is 13.8 Å². The maximum absolute atomic E-state index is 13.0. The summed E-state index contributed by atoms with van der Waals surface area (Å²) in [6.07, 6.45) is 0. The van der Waals surface area contributed by atoms with Crippen LogP contribution in [0.2, 0.25) is 0 Å². The summed E-state index contributed by atoms with van der Waals surface area (Å²) in [4.78, 5) is -1.17. The second kappa shape index (κ2) is 8.47. The molecule has 0 spiro atoms. The maximum Gasteiger partial charge on any atom is 0.501 e. The van der Waals surface area contributed by atoms with Crippen LogP contribution in [-0.4, -0.2) is 22.3 Å². The predicted octanol–water partition coefficient (Wildman–Crippen LogP) is 5.19. The number of aryl methyl sites for hydroxylation is 2. The van der Waals surface area contributed by atoms with Gasteiger partial charge in [0.05, 0.1) is 15.5 Å². The van der Waals surface area contributed by atoms with Gasteiger partial charge in [-0.25, -0.2) is 16.8 Å². The smallest absolute Gasteiger partial charge is 0.455 e. The van der Waals surface area contributed by atoms with E-state index in [0.29, 0.717) is 12.1 Å². The fourth-order valence-corrected chi connectivity index (χ4v) is 4.76. The van der Waals surface area contributed by atoms with Crippen LogP contribution in [-0.2, 0) is 19.9 Å². The lowest BCUT2D eigenvalue weighted by molar-refractivity contribution is -0.0436. The summed E-state index contributed by atoms with van der Waals surface area (Å²) < 4.78 is 96.1. The quantitative estimate of drug-likeness (QED) is 0.519. The summed E-state index contributed by atoms with van der Waals surface area (Å²) in [7, 11) is -9.80. The van der Waals surface area contributed by atoms with Gasteiger partial charge < -0.3 is 4.74 Å². The normalized spacial score (nSPS) is 12.4. The second-order valence-electron chi connectivity index (χ2n) is 6.95. The van der Waals surface area contributed by atoms with Crippen LogP contribution in [0.1, 0.15) is 11.1 Å². The van der Waals surface area contributed by atoms with Crippen molar-refractivity contribution < 1.29 is 34.7 Å². The Morgan fingerprint density at radius 2 is 1.38 bits per heavy atom. The number of alkyl halides is 3. The highest BCUT2D eigenvalue weighted by molar-refractivity contribution is 7.93. The molecule has 0 bridgehead atoms. The number of halogens is 3. The zero-order valence-corrected chi connectivity index (χ0v) is 18.5. The second-order valence-corrected chi connectivity index (χ2v) is 10.6. The molecule has 3 aromatic carbocycles. The number of anilines is 1. The number of benzene rings is 3. The van der Waals surface area contributed by atoms with E-state index in [0.717, 1.165) is 17.2 Å². The number of ether oxygens (including phenoxy) is 1. The summed E-state index contributed by atoms with van der Waals surface area (Å²) in [5.74, 6) is -0.205. The molecule has 0 aliphatic heterocycles. The number of rotatable bonds is 6. The van der Waals surface area contributed by atoms with Gasteiger partial charge in [0.25, 0.3) is 19.9 Å². The van der Waals surface area contributed by atoms with E-state index in [1.54, 1.807) is 32.0 Å². The number of sulfonamides is 1. The molecule has 0 heterocycles. The zero-order valence-electron chi connectivity index (χ0n) is 16.8. The van der Waals surface area contributed by atoms with Crippen LogP contribution in [0.15, 0.2) is 76.5 Å². The highest BCUT2D eigenvalue weighted by Crippen LogP contribution is 2.38. The molecule has 32 heavy (non-hydrogen) atoms. The molecule has 3 aromatic rings. The van der Waals surface area contributed by atoms with Crippen molar-refractivity contribution in [3.63, 3.8) is 0 Å². The van der Waals surface area contributed by atoms with E-state index < -0.39 is 36.0 Å². The third-order valence-corrected chi connectivity index (χ3v) is 7.15. The van der Waals surface area contributed by atoms with E-state index in [2.05, 4.69) is 4.72 Å². The van der Waals surface area contributed by atoms with Crippen molar-refractivity contribution >= 4 is 25.5 Å². The molecule has 6 nitrogen and oxygen atoms in total. The molecular formula is C21H18F3NO5S2. The lowest BCUT2D eigenvalue weighted by Crippen LogP contribution is -2.23. The van der Waals surface area contributed by atoms with E-state index in [-0.39, 0.29) is 16.3 Å². The molecule has 0 aliphatic rings. The Hall–Kier alpha value is -3.05. The zero-order chi connectivity index (χ0) is 23.7. The molecule has 0 fully saturated rings. The highest BCUT2D eigenvalue weighted by atomic mass is 32.2. The molecular weight excluding hydrogens is 467 g/mol. The minimum Gasteiger partial charge on any atom is -0.455 e. The Morgan fingerprint density at radius 3 is 1.94 bits per heavy atom. The minimum atomic E-state index is -5.68. The Balaban J connectivity index is 2.12. The average molecular weight is 486 g/mol. The van der Waals surface area contributed by atoms with E-state index in [1.807, 2.05) is 6.07 Å². The monoisotopic (exact) mass is 485 g/mol. The van der Waals surface area contributed by atoms with Crippen LogP contribution in [0.25, 0.3) is 0 Å². The molecule has 0 aliphatic carbocycles. The standard InChI is InChI=1S/C21H18F3NO5S2/c1-14-10-15(2)12-16(11-14)30-20-13-18(31(26,27)21(22,23)24)8-9-19(20)25-32(28,29)17-6-4-3-5-7-17/h3-13,25H,1-2H3. The largest absolute Gasteiger partial charge is 0.501 e. The van der Waals surface area contributed by atoms with Crippen molar-refractivity contribution in [1.82, 2.24) is 0 Å². The van der Waals surface area contributed by atoms with Crippen LogP contribution in [0.3, 0.4) is 0 Å². The predicted molar refractivity (Wildman–Crippen MR) is 113 cm³/mol. The minimum absolute atomic E-state index is 0.0932. The van der Waals surface area contributed by atoms with Crippen LogP contribution in [0.5, 0.6) is 11.5 Å². The molecule has 3 rings (SSSR count). The fraction of sp³-hybridized carbons (Fsp3) is 0.143. The van der Waals surface area contributed by atoms with Crippen molar-refractivity contribution in [2.45, 2.75) is 29.1 Å². The number of sulfone groups is 1. The first kappa shape index (κ1) is 23.6. The average Bonchev–Trinajstić information content (AvgIpc) is 2.68. The first-order valence-electron chi connectivity index (χ1n) is 9.09. The van der Waals surface area contributed by atoms with Crippen molar-refractivity contribution in [2.75, 3.05) is 4.72 Å². The number of hydrogen-bond donors (Lipinski definition) is 1. The van der Waals surface area contributed by atoms with Crippen molar-refractivity contribution in [1.29, 1.82) is 0 Å². The Bertz CT molecular complexity index is 1330. The molecule has 0 saturated heterocycles. The van der Waals surface area contributed by atoms with Crippen LogP contribution in [0.4, 0.5) is 18.9 Å². The molecule has 11 heteroatoms. The lowest BCUT2D eigenvalue weighted by atomic mass is 10.1. The molecule has 0 atom stereocenters. The summed E-state index contributed by atoms with van der Waals surface area (Å²) >= 11 is 0. The van der Waals surface area contributed by atoms with Gasteiger partial charge in [0.2, 0.25) is 0 Å². The van der Waals surface area contributed by atoms with Gasteiger partial charge in [0.15, 0.2) is 5.75 Å². The van der Waals surface area contributed by atoms with Gasteiger partial charge >= 0.3 is 5.51 Å². The number of hydrogen-bond acceptors (Lipinski definition) is 5. The third kappa shape index (κ3) is 5.05. The first-order chi connectivity index (χ1) is 14.8.